The van der Waals surface area contributed by atoms with E-state index in [0.717, 1.165) is 0 Å². The van der Waals surface area contributed by atoms with Crippen molar-refractivity contribution in [3.8, 4) is 0 Å². The number of carbonyl (C=O) groups is 2. The van der Waals surface area contributed by atoms with Gasteiger partial charge in [0.05, 0.1) is 12.5 Å². The van der Waals surface area contributed by atoms with Crippen LogP contribution >= 0.6 is 0 Å². The quantitative estimate of drug-likeness (QED) is 0.295. The van der Waals surface area contributed by atoms with Gasteiger partial charge in [-0.1, -0.05) is 6.92 Å². The molecule has 0 aromatic rings. The fraction of sp³-hybridized carbons (Fsp3) is 0.750. The van der Waals surface area contributed by atoms with Crippen LogP contribution in [-0.4, -0.2) is 40.9 Å². The topological polar surface area (TPSA) is 139 Å². The minimum Gasteiger partial charge on any atom is -0.396 e. The molecule has 2 amide bonds. The molecular formula is C8H17N3O4. The minimum absolute atomic E-state index is 0.254. The van der Waals surface area contributed by atoms with Gasteiger partial charge in [0, 0.05) is 12.5 Å². The van der Waals surface area contributed by atoms with Crippen LogP contribution in [0.2, 0.25) is 0 Å². The van der Waals surface area contributed by atoms with E-state index >= 15 is 0 Å². The molecule has 3 unspecified atom stereocenters. The summed E-state index contributed by atoms with van der Waals surface area (Å²) in [7, 11) is 0. The van der Waals surface area contributed by atoms with E-state index in [0.29, 0.717) is 0 Å². The summed E-state index contributed by atoms with van der Waals surface area (Å²) in [6.07, 6.45) is -1.41. The van der Waals surface area contributed by atoms with Crippen molar-refractivity contribution in [3.63, 3.8) is 0 Å². The van der Waals surface area contributed by atoms with Gasteiger partial charge < -0.3 is 21.7 Å². The van der Waals surface area contributed by atoms with Crippen molar-refractivity contribution in [2.24, 2.45) is 17.4 Å². The third kappa shape index (κ3) is 5.31. The van der Waals surface area contributed by atoms with Gasteiger partial charge in [-0.3, -0.25) is 14.9 Å². The first-order valence-electron chi connectivity index (χ1n) is 4.51. The maximum absolute atomic E-state index is 10.9. The highest BCUT2D eigenvalue weighted by atomic mass is 16.3. The number of amides is 2. The molecule has 0 heterocycles. The predicted molar refractivity (Wildman–Crippen MR) is 52.2 cm³/mol. The third-order valence-corrected chi connectivity index (χ3v) is 1.95. The van der Waals surface area contributed by atoms with Crippen molar-refractivity contribution >= 4 is 11.8 Å². The highest BCUT2D eigenvalue weighted by Crippen LogP contribution is 2.01. The summed E-state index contributed by atoms with van der Waals surface area (Å²) in [6.45, 7) is 1.32. The second-order valence-electron chi connectivity index (χ2n) is 3.40. The average Bonchev–Trinajstić information content (AvgIpc) is 2.14. The number of carbonyl (C=O) groups excluding carboxylic acids is 2. The number of primary amides is 2. The number of aliphatic hydroxyl groups is 2. The standard InChI is InChI=1S/C8H17N3O4/c1-4(3-12)8(15)11-5(7(10)14)2-6(9)13/h4-5,8,11-12,15H,2-3H2,1H3,(H2,9,13)(H2,10,14). The summed E-state index contributed by atoms with van der Waals surface area (Å²) in [4.78, 5) is 21.4. The number of nitrogens with one attached hydrogen (secondary N) is 1. The van der Waals surface area contributed by atoms with Crippen LogP contribution in [0, 0.1) is 5.92 Å². The molecule has 3 atom stereocenters. The normalized spacial score (nSPS) is 16.7. The average molecular weight is 219 g/mol. The molecule has 0 aliphatic carbocycles. The molecule has 7 nitrogen and oxygen atoms in total. The van der Waals surface area contributed by atoms with Crippen molar-refractivity contribution in [2.45, 2.75) is 25.6 Å². The number of rotatable bonds is 7. The van der Waals surface area contributed by atoms with Crippen LogP contribution in [0.5, 0.6) is 0 Å². The second-order valence-corrected chi connectivity index (χ2v) is 3.40. The number of nitrogens with two attached hydrogens (primary N) is 2. The van der Waals surface area contributed by atoms with Crippen LogP contribution < -0.4 is 16.8 Å². The lowest BCUT2D eigenvalue weighted by Crippen LogP contribution is -2.50. The predicted octanol–water partition coefficient (Wildman–Crippen LogP) is -2.75. The first-order chi connectivity index (χ1) is 6.88. The fourth-order valence-electron chi connectivity index (χ4n) is 0.913. The van der Waals surface area contributed by atoms with Gasteiger partial charge in [0.2, 0.25) is 11.8 Å². The first-order valence-corrected chi connectivity index (χ1v) is 4.51. The van der Waals surface area contributed by atoms with E-state index in [1.807, 2.05) is 0 Å². The Hall–Kier alpha value is -1.18. The summed E-state index contributed by atoms with van der Waals surface area (Å²) in [5.41, 5.74) is 9.89. The Morgan fingerprint density at radius 2 is 1.93 bits per heavy atom. The Labute approximate surface area is 87.4 Å². The number of hydrogen-bond donors (Lipinski definition) is 5. The zero-order valence-electron chi connectivity index (χ0n) is 8.51. The SMILES string of the molecule is CC(CO)C(O)NC(CC(N)=O)C(N)=O. The molecule has 0 bridgehead atoms. The summed E-state index contributed by atoms with van der Waals surface area (Å²) in [6, 6.07) is -1.02. The van der Waals surface area contributed by atoms with E-state index in [-0.39, 0.29) is 13.0 Å². The maximum atomic E-state index is 10.9. The molecule has 0 aromatic carbocycles. The van der Waals surface area contributed by atoms with Crippen LogP contribution in [0.1, 0.15) is 13.3 Å². The molecule has 0 aliphatic heterocycles. The van der Waals surface area contributed by atoms with Crippen molar-refractivity contribution in [1.29, 1.82) is 0 Å². The molecule has 7 heteroatoms. The Kier molecular flexibility index (Phi) is 5.83. The van der Waals surface area contributed by atoms with E-state index in [1.54, 1.807) is 6.92 Å². The molecule has 0 spiro atoms. The monoisotopic (exact) mass is 219 g/mol. The maximum Gasteiger partial charge on any atom is 0.235 e. The minimum atomic E-state index is -1.12. The highest BCUT2D eigenvalue weighted by molar-refractivity contribution is 5.86. The lowest BCUT2D eigenvalue weighted by molar-refractivity contribution is -0.126. The lowest BCUT2D eigenvalue weighted by atomic mass is 10.1. The summed E-state index contributed by atoms with van der Waals surface area (Å²) >= 11 is 0. The van der Waals surface area contributed by atoms with Gasteiger partial charge in [-0.2, -0.15) is 0 Å². The fourth-order valence-corrected chi connectivity index (χ4v) is 0.913. The van der Waals surface area contributed by atoms with Crippen LogP contribution in [0.3, 0.4) is 0 Å². The summed E-state index contributed by atoms with van der Waals surface area (Å²) in [5.74, 6) is -1.95. The summed E-state index contributed by atoms with van der Waals surface area (Å²) in [5, 5.41) is 20.6. The van der Waals surface area contributed by atoms with Gasteiger partial charge in [-0.15, -0.1) is 0 Å². The van der Waals surface area contributed by atoms with Crippen LogP contribution in [0.4, 0.5) is 0 Å². The largest absolute Gasteiger partial charge is 0.396 e. The van der Waals surface area contributed by atoms with Gasteiger partial charge in [-0.05, 0) is 0 Å². The Morgan fingerprint density at radius 3 is 2.27 bits per heavy atom. The van der Waals surface area contributed by atoms with E-state index in [4.69, 9.17) is 16.6 Å². The molecule has 0 aliphatic rings. The van der Waals surface area contributed by atoms with Gasteiger partial charge >= 0.3 is 0 Å². The molecule has 15 heavy (non-hydrogen) atoms. The van der Waals surface area contributed by atoms with Crippen molar-refractivity contribution < 1.29 is 19.8 Å². The Balaban J connectivity index is 4.28. The van der Waals surface area contributed by atoms with E-state index in [2.05, 4.69) is 5.32 Å². The van der Waals surface area contributed by atoms with Gasteiger partial charge in [0.15, 0.2) is 0 Å². The summed E-state index contributed by atoms with van der Waals surface area (Å²) < 4.78 is 0. The number of aliphatic hydroxyl groups excluding tert-OH is 2. The molecule has 88 valence electrons. The molecular weight excluding hydrogens is 202 g/mol. The first kappa shape index (κ1) is 13.8. The molecule has 0 saturated carbocycles. The highest BCUT2D eigenvalue weighted by Gasteiger charge is 2.23. The van der Waals surface area contributed by atoms with E-state index in [9.17, 15) is 14.7 Å². The lowest BCUT2D eigenvalue weighted by Gasteiger charge is -2.22. The Bertz CT molecular complexity index is 234. The van der Waals surface area contributed by atoms with E-state index in [1.165, 1.54) is 0 Å². The number of hydrogen-bond acceptors (Lipinski definition) is 5. The van der Waals surface area contributed by atoms with Crippen molar-refractivity contribution in [2.75, 3.05) is 6.61 Å². The smallest absolute Gasteiger partial charge is 0.235 e. The van der Waals surface area contributed by atoms with Crippen molar-refractivity contribution in [3.05, 3.63) is 0 Å². The Morgan fingerprint density at radius 1 is 1.40 bits per heavy atom. The molecule has 0 saturated heterocycles. The van der Waals surface area contributed by atoms with Crippen LogP contribution in [0.15, 0.2) is 0 Å². The van der Waals surface area contributed by atoms with E-state index < -0.39 is 30.0 Å². The van der Waals surface area contributed by atoms with Gasteiger partial charge in [-0.25, -0.2) is 0 Å². The third-order valence-electron chi connectivity index (χ3n) is 1.95. The molecule has 0 aromatic heterocycles. The zero-order chi connectivity index (χ0) is 12.0. The van der Waals surface area contributed by atoms with Crippen LogP contribution in [0.25, 0.3) is 0 Å². The molecule has 0 radical (unpaired) electrons. The van der Waals surface area contributed by atoms with Gasteiger partial charge in [0.25, 0.3) is 0 Å². The molecule has 7 N–H and O–H groups in total. The van der Waals surface area contributed by atoms with Crippen LogP contribution in [-0.2, 0) is 9.59 Å². The van der Waals surface area contributed by atoms with Gasteiger partial charge in [0.1, 0.15) is 6.23 Å². The van der Waals surface area contributed by atoms with Crippen molar-refractivity contribution in [1.82, 2.24) is 5.32 Å². The molecule has 0 rings (SSSR count). The molecule has 0 fully saturated rings. The second kappa shape index (κ2) is 6.33. The zero-order valence-corrected chi connectivity index (χ0v) is 8.51.